The number of rotatable bonds is 4. The molecule has 4 N–H and O–H groups in total. The molecule has 4 nitrogen and oxygen atoms in total. The van der Waals surface area contributed by atoms with E-state index in [2.05, 4.69) is 24.5 Å². The molecule has 0 saturated heterocycles. The van der Waals surface area contributed by atoms with Gasteiger partial charge in [0, 0.05) is 17.9 Å². The van der Waals surface area contributed by atoms with E-state index in [1.807, 2.05) is 12.1 Å². The van der Waals surface area contributed by atoms with Crippen molar-refractivity contribution in [3.05, 3.63) is 24.3 Å². The third-order valence-electron chi connectivity index (χ3n) is 3.86. The molecule has 1 fully saturated rings. The predicted molar refractivity (Wildman–Crippen MR) is 74.4 cm³/mol. The van der Waals surface area contributed by atoms with E-state index in [4.69, 9.17) is 5.73 Å². The van der Waals surface area contributed by atoms with E-state index in [1.54, 1.807) is 12.1 Å². The molecule has 0 heterocycles. The second kappa shape index (κ2) is 4.88. The fourth-order valence-corrected chi connectivity index (χ4v) is 2.17. The largest absolute Gasteiger partial charge is 0.399 e. The Balaban J connectivity index is 1.83. The van der Waals surface area contributed by atoms with E-state index in [-0.39, 0.29) is 6.03 Å². The van der Waals surface area contributed by atoms with Crippen LogP contribution in [0.4, 0.5) is 16.2 Å². The second-order valence-corrected chi connectivity index (χ2v) is 5.45. The highest BCUT2D eigenvalue weighted by molar-refractivity contribution is 5.89. The topological polar surface area (TPSA) is 67.2 Å². The third kappa shape index (κ3) is 2.94. The van der Waals surface area contributed by atoms with Crippen LogP contribution < -0.4 is 16.4 Å². The predicted octanol–water partition coefficient (Wildman–Crippen LogP) is 2.83. The normalized spacial score (nSPS) is 16.4. The average Bonchev–Trinajstić information content (AvgIpc) is 3.07. The van der Waals surface area contributed by atoms with Crippen molar-refractivity contribution in [1.82, 2.24) is 5.32 Å². The molecule has 0 bridgehead atoms. The minimum Gasteiger partial charge on any atom is -0.399 e. The number of nitrogens with two attached hydrogens (primary N) is 1. The van der Waals surface area contributed by atoms with Gasteiger partial charge in [-0.05, 0) is 42.4 Å². The molecule has 2 amide bonds. The molecule has 0 aromatic heterocycles. The van der Waals surface area contributed by atoms with Crippen LogP contribution in [0.2, 0.25) is 0 Å². The average molecular weight is 247 g/mol. The Morgan fingerprint density at radius 3 is 2.72 bits per heavy atom. The van der Waals surface area contributed by atoms with Crippen LogP contribution in [0.1, 0.15) is 26.7 Å². The summed E-state index contributed by atoms with van der Waals surface area (Å²) in [6, 6.07) is 7.02. The van der Waals surface area contributed by atoms with Gasteiger partial charge in [0.15, 0.2) is 0 Å². The standard InChI is InChI=1S/C14H21N3O/c1-10(2)14(6-7-14)9-16-13(18)17-12-5-3-4-11(15)8-12/h3-5,8,10H,6-7,9,15H2,1-2H3,(H2,16,17,18). The molecule has 0 aliphatic heterocycles. The van der Waals surface area contributed by atoms with Gasteiger partial charge in [0.2, 0.25) is 0 Å². The summed E-state index contributed by atoms with van der Waals surface area (Å²) < 4.78 is 0. The molecule has 4 heteroatoms. The third-order valence-corrected chi connectivity index (χ3v) is 3.86. The summed E-state index contributed by atoms with van der Waals surface area (Å²) in [7, 11) is 0. The number of benzene rings is 1. The van der Waals surface area contributed by atoms with Gasteiger partial charge in [-0.2, -0.15) is 0 Å². The van der Waals surface area contributed by atoms with Gasteiger partial charge in [-0.25, -0.2) is 4.79 Å². The maximum Gasteiger partial charge on any atom is 0.319 e. The van der Waals surface area contributed by atoms with E-state index < -0.39 is 0 Å². The fourth-order valence-electron chi connectivity index (χ4n) is 2.17. The van der Waals surface area contributed by atoms with E-state index in [1.165, 1.54) is 12.8 Å². The Morgan fingerprint density at radius 2 is 2.17 bits per heavy atom. The molecule has 18 heavy (non-hydrogen) atoms. The Morgan fingerprint density at radius 1 is 1.44 bits per heavy atom. The van der Waals surface area contributed by atoms with Crippen LogP contribution in [0, 0.1) is 11.3 Å². The van der Waals surface area contributed by atoms with Crippen molar-refractivity contribution < 1.29 is 4.79 Å². The molecular formula is C14H21N3O. The van der Waals surface area contributed by atoms with Gasteiger partial charge in [-0.1, -0.05) is 19.9 Å². The number of nitrogen functional groups attached to an aromatic ring is 1. The van der Waals surface area contributed by atoms with Crippen molar-refractivity contribution in [3.63, 3.8) is 0 Å². The molecule has 1 aliphatic carbocycles. The smallest absolute Gasteiger partial charge is 0.319 e. The van der Waals surface area contributed by atoms with Crippen molar-refractivity contribution in [2.75, 3.05) is 17.6 Å². The molecule has 1 aromatic rings. The maximum atomic E-state index is 11.8. The lowest BCUT2D eigenvalue weighted by Crippen LogP contribution is -2.35. The van der Waals surface area contributed by atoms with Crippen molar-refractivity contribution >= 4 is 17.4 Å². The number of urea groups is 1. The Kier molecular flexibility index (Phi) is 3.45. The molecule has 2 rings (SSSR count). The highest BCUT2D eigenvalue weighted by Gasteiger charge is 2.45. The number of amides is 2. The number of nitrogens with one attached hydrogen (secondary N) is 2. The van der Waals surface area contributed by atoms with Gasteiger partial charge in [-0.15, -0.1) is 0 Å². The van der Waals surface area contributed by atoms with E-state index in [9.17, 15) is 4.79 Å². The van der Waals surface area contributed by atoms with Crippen molar-refractivity contribution in [3.8, 4) is 0 Å². The lowest BCUT2D eigenvalue weighted by molar-refractivity contribution is 0.246. The van der Waals surface area contributed by atoms with Crippen LogP contribution in [0.15, 0.2) is 24.3 Å². The minimum absolute atomic E-state index is 0.160. The van der Waals surface area contributed by atoms with Crippen LogP contribution in [0.3, 0.4) is 0 Å². The summed E-state index contributed by atoms with van der Waals surface area (Å²) in [5.74, 6) is 0.616. The number of carbonyl (C=O) groups excluding carboxylic acids is 1. The van der Waals surface area contributed by atoms with Crippen molar-refractivity contribution in [1.29, 1.82) is 0 Å². The first kappa shape index (κ1) is 12.7. The van der Waals surface area contributed by atoms with Crippen molar-refractivity contribution in [2.24, 2.45) is 11.3 Å². The number of anilines is 2. The SMILES string of the molecule is CC(C)C1(CNC(=O)Nc2cccc(N)c2)CC1. The Bertz CT molecular complexity index is 438. The molecule has 98 valence electrons. The zero-order valence-electron chi connectivity index (χ0n) is 11.0. The van der Waals surface area contributed by atoms with Gasteiger partial charge in [0.05, 0.1) is 0 Å². The van der Waals surface area contributed by atoms with E-state index in [0.717, 1.165) is 12.2 Å². The summed E-state index contributed by atoms with van der Waals surface area (Å²) in [4.78, 5) is 11.8. The number of hydrogen-bond donors (Lipinski definition) is 3. The van der Waals surface area contributed by atoms with Gasteiger partial charge < -0.3 is 16.4 Å². The molecule has 0 spiro atoms. The maximum absolute atomic E-state index is 11.8. The molecule has 1 saturated carbocycles. The zero-order valence-corrected chi connectivity index (χ0v) is 11.0. The van der Waals surface area contributed by atoms with Gasteiger partial charge in [0.25, 0.3) is 0 Å². The van der Waals surface area contributed by atoms with E-state index in [0.29, 0.717) is 17.0 Å². The zero-order chi connectivity index (χ0) is 13.2. The van der Waals surface area contributed by atoms with Crippen LogP contribution in [-0.4, -0.2) is 12.6 Å². The Hall–Kier alpha value is -1.71. The highest BCUT2D eigenvalue weighted by Crippen LogP contribution is 2.51. The Labute approximate surface area is 108 Å². The number of carbonyl (C=O) groups is 1. The summed E-state index contributed by atoms with van der Waals surface area (Å²) in [6.45, 7) is 5.17. The molecule has 0 unspecified atom stereocenters. The first-order chi connectivity index (χ1) is 8.52. The van der Waals surface area contributed by atoms with Crippen LogP contribution >= 0.6 is 0 Å². The lowest BCUT2D eigenvalue weighted by atomic mass is 9.92. The molecular weight excluding hydrogens is 226 g/mol. The first-order valence-electron chi connectivity index (χ1n) is 6.42. The second-order valence-electron chi connectivity index (χ2n) is 5.45. The van der Waals surface area contributed by atoms with Crippen LogP contribution in [0.5, 0.6) is 0 Å². The van der Waals surface area contributed by atoms with Crippen molar-refractivity contribution in [2.45, 2.75) is 26.7 Å². The quantitative estimate of drug-likeness (QED) is 0.716. The summed E-state index contributed by atoms with van der Waals surface area (Å²) in [5.41, 5.74) is 7.35. The monoisotopic (exact) mass is 247 g/mol. The van der Waals surface area contributed by atoms with Crippen LogP contribution in [0.25, 0.3) is 0 Å². The molecule has 1 aromatic carbocycles. The van der Waals surface area contributed by atoms with Gasteiger partial charge in [0.1, 0.15) is 0 Å². The summed E-state index contributed by atoms with van der Waals surface area (Å²) in [6.07, 6.45) is 2.42. The minimum atomic E-state index is -0.160. The fraction of sp³-hybridized carbons (Fsp3) is 0.500. The first-order valence-corrected chi connectivity index (χ1v) is 6.42. The molecule has 0 radical (unpaired) electrons. The van der Waals surface area contributed by atoms with Crippen LogP contribution in [-0.2, 0) is 0 Å². The number of hydrogen-bond acceptors (Lipinski definition) is 2. The molecule has 0 atom stereocenters. The summed E-state index contributed by atoms with van der Waals surface area (Å²) >= 11 is 0. The highest BCUT2D eigenvalue weighted by atomic mass is 16.2. The van der Waals surface area contributed by atoms with Gasteiger partial charge >= 0.3 is 6.03 Å². The van der Waals surface area contributed by atoms with E-state index >= 15 is 0 Å². The lowest BCUT2D eigenvalue weighted by Gasteiger charge is -2.20. The summed E-state index contributed by atoms with van der Waals surface area (Å²) in [5, 5.41) is 5.74. The van der Waals surface area contributed by atoms with Gasteiger partial charge in [-0.3, -0.25) is 0 Å². The molecule has 1 aliphatic rings.